The molecule has 0 unspecified atom stereocenters. The van der Waals surface area contributed by atoms with Gasteiger partial charge in [0.15, 0.2) is 0 Å². The molecular weight excluding hydrogens is 280 g/mol. The molecule has 0 bridgehead atoms. The van der Waals surface area contributed by atoms with E-state index in [1.165, 1.54) is 0 Å². The van der Waals surface area contributed by atoms with Gasteiger partial charge in [0.2, 0.25) is 5.91 Å². The number of nitrogens with two attached hydrogens (primary N) is 1. The van der Waals surface area contributed by atoms with Crippen molar-refractivity contribution in [2.24, 2.45) is 5.92 Å². The Morgan fingerprint density at radius 2 is 1.95 bits per heavy atom. The molecule has 1 fully saturated rings. The highest BCUT2D eigenvalue weighted by Crippen LogP contribution is 2.20. The number of esters is 1. The highest BCUT2D eigenvalue weighted by molar-refractivity contribution is 5.77. The maximum Gasteiger partial charge on any atom is 0.309 e. The summed E-state index contributed by atoms with van der Waals surface area (Å²) in [6.45, 7) is 3.49. The lowest BCUT2D eigenvalue weighted by atomic mass is 9.96. The van der Waals surface area contributed by atoms with E-state index in [1.54, 1.807) is 0 Å². The van der Waals surface area contributed by atoms with Crippen molar-refractivity contribution < 1.29 is 14.3 Å². The van der Waals surface area contributed by atoms with Gasteiger partial charge in [-0.15, -0.1) is 0 Å². The summed E-state index contributed by atoms with van der Waals surface area (Å²) in [6, 6.07) is 7.63. The van der Waals surface area contributed by atoms with Gasteiger partial charge in [-0.1, -0.05) is 18.2 Å². The second kappa shape index (κ2) is 7.82. The Kier molecular flexibility index (Phi) is 5.81. The maximum atomic E-state index is 12.3. The van der Waals surface area contributed by atoms with Crippen molar-refractivity contribution in [1.29, 1.82) is 0 Å². The zero-order valence-corrected chi connectivity index (χ0v) is 13.1. The number of carbonyl (C=O) groups is 2. The van der Waals surface area contributed by atoms with Crippen LogP contribution < -0.4 is 5.73 Å². The first kappa shape index (κ1) is 16.3. The van der Waals surface area contributed by atoms with Gasteiger partial charge in [0, 0.05) is 25.2 Å². The Balaban J connectivity index is 1.78. The summed E-state index contributed by atoms with van der Waals surface area (Å²) in [6.07, 6.45) is 2.50. The highest BCUT2D eigenvalue weighted by atomic mass is 16.5. The largest absolute Gasteiger partial charge is 0.466 e. The van der Waals surface area contributed by atoms with E-state index in [1.807, 2.05) is 36.1 Å². The third kappa shape index (κ3) is 4.23. The number of aryl methyl sites for hydroxylation is 1. The summed E-state index contributed by atoms with van der Waals surface area (Å²) in [5.74, 6) is -0.0639. The number of amides is 1. The molecule has 5 nitrogen and oxygen atoms in total. The quantitative estimate of drug-likeness (QED) is 0.667. The lowest BCUT2D eigenvalue weighted by Gasteiger charge is -2.31. The van der Waals surface area contributed by atoms with E-state index in [-0.39, 0.29) is 17.8 Å². The maximum absolute atomic E-state index is 12.3. The van der Waals surface area contributed by atoms with Crippen LogP contribution in [0.5, 0.6) is 0 Å². The molecule has 0 radical (unpaired) electrons. The second-order valence-corrected chi connectivity index (χ2v) is 5.61. The summed E-state index contributed by atoms with van der Waals surface area (Å²) in [7, 11) is 0. The van der Waals surface area contributed by atoms with Crippen molar-refractivity contribution in [3.05, 3.63) is 29.8 Å². The molecule has 1 saturated heterocycles. The number of para-hydroxylation sites is 1. The number of anilines is 1. The van der Waals surface area contributed by atoms with Gasteiger partial charge in [-0.2, -0.15) is 0 Å². The number of benzene rings is 1. The SMILES string of the molecule is CCOC(=O)C1CCN(C(=O)CCc2ccccc2N)CC1. The molecule has 1 aliphatic rings. The number of hydrogen-bond acceptors (Lipinski definition) is 4. The van der Waals surface area contributed by atoms with Crippen LogP contribution in [0.3, 0.4) is 0 Å². The highest BCUT2D eigenvalue weighted by Gasteiger charge is 2.27. The molecule has 0 atom stereocenters. The van der Waals surface area contributed by atoms with Crippen molar-refractivity contribution in [2.75, 3.05) is 25.4 Å². The predicted octanol–water partition coefficient (Wildman–Crippen LogP) is 2.00. The molecule has 2 rings (SSSR count). The van der Waals surface area contributed by atoms with E-state index in [0.717, 1.165) is 11.3 Å². The Hall–Kier alpha value is -2.04. The molecule has 22 heavy (non-hydrogen) atoms. The summed E-state index contributed by atoms with van der Waals surface area (Å²) < 4.78 is 5.04. The number of likely N-dealkylation sites (tertiary alicyclic amines) is 1. The number of ether oxygens (including phenoxy) is 1. The molecule has 0 spiro atoms. The van der Waals surface area contributed by atoms with Crippen LogP contribution in [0.2, 0.25) is 0 Å². The first-order chi connectivity index (χ1) is 10.6. The molecule has 0 aromatic heterocycles. The van der Waals surface area contributed by atoms with E-state index < -0.39 is 0 Å². The standard InChI is InChI=1S/C17H24N2O3/c1-2-22-17(21)14-9-11-19(12-10-14)16(20)8-7-13-5-3-4-6-15(13)18/h3-6,14H,2,7-12,18H2,1H3. The summed E-state index contributed by atoms with van der Waals surface area (Å²) in [5.41, 5.74) is 7.63. The lowest BCUT2D eigenvalue weighted by molar-refractivity contribution is -0.151. The fraction of sp³-hybridized carbons (Fsp3) is 0.529. The molecule has 1 heterocycles. The average Bonchev–Trinajstić information content (AvgIpc) is 2.54. The normalized spacial score (nSPS) is 15.6. The number of hydrogen-bond donors (Lipinski definition) is 1. The lowest BCUT2D eigenvalue weighted by Crippen LogP contribution is -2.40. The third-order valence-corrected chi connectivity index (χ3v) is 4.13. The molecule has 2 N–H and O–H groups in total. The number of nitrogen functional groups attached to an aromatic ring is 1. The first-order valence-corrected chi connectivity index (χ1v) is 7.89. The Bertz CT molecular complexity index is 522. The van der Waals surface area contributed by atoms with Crippen molar-refractivity contribution in [1.82, 2.24) is 4.90 Å². The molecule has 120 valence electrons. The van der Waals surface area contributed by atoms with Crippen LogP contribution in [-0.2, 0) is 20.7 Å². The van der Waals surface area contributed by atoms with Gasteiger partial charge >= 0.3 is 5.97 Å². The molecule has 1 aliphatic heterocycles. The van der Waals surface area contributed by atoms with Gasteiger partial charge in [-0.05, 0) is 37.8 Å². The van der Waals surface area contributed by atoms with E-state index >= 15 is 0 Å². The Morgan fingerprint density at radius 1 is 1.27 bits per heavy atom. The number of nitrogens with zero attached hydrogens (tertiary/aromatic N) is 1. The topological polar surface area (TPSA) is 72.6 Å². The van der Waals surface area contributed by atoms with Gasteiger partial charge in [0.25, 0.3) is 0 Å². The van der Waals surface area contributed by atoms with Crippen molar-refractivity contribution in [3.63, 3.8) is 0 Å². The molecule has 1 aromatic carbocycles. The van der Waals surface area contributed by atoms with Crippen molar-refractivity contribution in [3.8, 4) is 0 Å². The van der Waals surface area contributed by atoms with Crippen LogP contribution in [0.1, 0.15) is 31.7 Å². The molecule has 0 saturated carbocycles. The van der Waals surface area contributed by atoms with Crippen molar-refractivity contribution in [2.45, 2.75) is 32.6 Å². The van der Waals surface area contributed by atoms with Gasteiger partial charge in [0.1, 0.15) is 0 Å². The Labute approximate surface area is 131 Å². The van der Waals surface area contributed by atoms with Gasteiger partial charge in [0.05, 0.1) is 12.5 Å². The zero-order chi connectivity index (χ0) is 15.9. The van der Waals surface area contributed by atoms with Gasteiger partial charge in [-0.25, -0.2) is 0 Å². The smallest absolute Gasteiger partial charge is 0.309 e. The number of rotatable bonds is 5. The molecule has 5 heteroatoms. The summed E-state index contributed by atoms with van der Waals surface area (Å²) in [5, 5.41) is 0. The van der Waals surface area contributed by atoms with Crippen LogP contribution in [0.25, 0.3) is 0 Å². The minimum Gasteiger partial charge on any atom is -0.466 e. The van der Waals surface area contributed by atoms with Crippen LogP contribution in [0, 0.1) is 5.92 Å². The van der Waals surface area contributed by atoms with Gasteiger partial charge < -0.3 is 15.4 Å². The van der Waals surface area contributed by atoms with Crippen LogP contribution in [0.15, 0.2) is 24.3 Å². The minimum absolute atomic E-state index is 0.0613. The van der Waals surface area contributed by atoms with Crippen molar-refractivity contribution >= 4 is 17.6 Å². The fourth-order valence-electron chi connectivity index (χ4n) is 2.79. The predicted molar refractivity (Wildman–Crippen MR) is 85.1 cm³/mol. The summed E-state index contributed by atoms with van der Waals surface area (Å²) >= 11 is 0. The molecule has 0 aliphatic carbocycles. The van der Waals surface area contributed by atoms with Crippen LogP contribution >= 0.6 is 0 Å². The molecular formula is C17H24N2O3. The zero-order valence-electron chi connectivity index (χ0n) is 13.1. The van der Waals surface area contributed by atoms with Crippen LogP contribution in [-0.4, -0.2) is 36.5 Å². The monoisotopic (exact) mass is 304 g/mol. The van der Waals surface area contributed by atoms with Gasteiger partial charge in [-0.3, -0.25) is 9.59 Å². The summed E-state index contributed by atoms with van der Waals surface area (Å²) in [4.78, 5) is 25.8. The molecule has 1 amide bonds. The van der Waals surface area contributed by atoms with E-state index in [2.05, 4.69) is 0 Å². The fourth-order valence-corrected chi connectivity index (χ4v) is 2.79. The number of piperidine rings is 1. The van der Waals surface area contributed by atoms with Crippen LogP contribution in [0.4, 0.5) is 5.69 Å². The van der Waals surface area contributed by atoms with E-state index in [4.69, 9.17) is 10.5 Å². The first-order valence-electron chi connectivity index (χ1n) is 7.89. The van der Waals surface area contributed by atoms with E-state index in [9.17, 15) is 9.59 Å². The number of carbonyl (C=O) groups excluding carboxylic acids is 2. The average molecular weight is 304 g/mol. The third-order valence-electron chi connectivity index (χ3n) is 4.13. The minimum atomic E-state index is -0.133. The van der Waals surface area contributed by atoms with E-state index in [0.29, 0.717) is 45.4 Å². The Morgan fingerprint density at radius 3 is 2.59 bits per heavy atom. The second-order valence-electron chi connectivity index (χ2n) is 5.61. The molecule has 1 aromatic rings.